The molecule has 1 aromatic heterocycles. The van der Waals surface area contributed by atoms with E-state index >= 15 is 0 Å². The van der Waals surface area contributed by atoms with Gasteiger partial charge in [-0.25, -0.2) is 0 Å². The van der Waals surface area contributed by atoms with Gasteiger partial charge in [-0.2, -0.15) is 0 Å². The number of amides is 1. The first-order chi connectivity index (χ1) is 14.3. The number of piperidine rings is 1. The van der Waals surface area contributed by atoms with Crippen LogP contribution in [0.25, 0.3) is 0 Å². The monoisotopic (exact) mass is 397 g/mol. The third-order valence-electron chi connectivity index (χ3n) is 6.29. The normalized spacial score (nSPS) is 19.7. The quantitative estimate of drug-likeness (QED) is 0.776. The van der Waals surface area contributed by atoms with Gasteiger partial charge in [0, 0.05) is 31.7 Å². The van der Waals surface area contributed by atoms with E-state index in [1.165, 1.54) is 24.8 Å². The van der Waals surface area contributed by atoms with E-state index in [2.05, 4.69) is 44.8 Å². The van der Waals surface area contributed by atoms with Crippen LogP contribution in [0.2, 0.25) is 0 Å². The lowest BCUT2D eigenvalue weighted by molar-refractivity contribution is 0.0486. The van der Waals surface area contributed by atoms with Gasteiger partial charge in [0.05, 0.1) is 12.7 Å². The van der Waals surface area contributed by atoms with Gasteiger partial charge < -0.3 is 15.0 Å². The predicted molar refractivity (Wildman–Crippen MR) is 111 cm³/mol. The SMILES string of the molecule is O=C(NCC1(c2ccccc2)CCOCC1)c1cn(CCN2CCCCC2)nn1. The molecule has 0 aliphatic carbocycles. The Labute approximate surface area is 172 Å². The number of rotatable bonds is 7. The summed E-state index contributed by atoms with van der Waals surface area (Å²) >= 11 is 0. The van der Waals surface area contributed by atoms with Crippen LogP contribution in [0.1, 0.15) is 48.2 Å². The van der Waals surface area contributed by atoms with E-state index in [1.807, 2.05) is 6.07 Å². The molecule has 1 amide bonds. The van der Waals surface area contributed by atoms with Crippen molar-refractivity contribution in [2.75, 3.05) is 39.4 Å². The summed E-state index contributed by atoms with van der Waals surface area (Å²) < 4.78 is 7.36. The van der Waals surface area contributed by atoms with Gasteiger partial charge in [-0.1, -0.05) is 42.0 Å². The summed E-state index contributed by atoms with van der Waals surface area (Å²) in [5.41, 5.74) is 1.56. The number of ether oxygens (including phenoxy) is 1. The lowest BCUT2D eigenvalue weighted by atomic mass is 9.74. The van der Waals surface area contributed by atoms with Crippen molar-refractivity contribution in [2.45, 2.75) is 44.1 Å². The second-order valence-corrected chi connectivity index (χ2v) is 8.21. The van der Waals surface area contributed by atoms with E-state index in [1.54, 1.807) is 10.9 Å². The summed E-state index contributed by atoms with van der Waals surface area (Å²) in [7, 11) is 0. The van der Waals surface area contributed by atoms with E-state index in [0.717, 1.165) is 52.2 Å². The topological polar surface area (TPSA) is 72.3 Å². The molecule has 2 saturated heterocycles. The molecule has 156 valence electrons. The van der Waals surface area contributed by atoms with Crippen molar-refractivity contribution in [1.29, 1.82) is 0 Å². The predicted octanol–water partition coefficient (Wildman–Crippen LogP) is 2.24. The molecule has 7 nitrogen and oxygen atoms in total. The van der Waals surface area contributed by atoms with Crippen LogP contribution in [0, 0.1) is 0 Å². The van der Waals surface area contributed by atoms with Gasteiger partial charge in [0.1, 0.15) is 0 Å². The van der Waals surface area contributed by atoms with E-state index < -0.39 is 0 Å². The van der Waals surface area contributed by atoms with Gasteiger partial charge in [0.15, 0.2) is 5.69 Å². The molecule has 29 heavy (non-hydrogen) atoms. The molecule has 2 fully saturated rings. The molecule has 0 saturated carbocycles. The highest BCUT2D eigenvalue weighted by atomic mass is 16.5. The second kappa shape index (κ2) is 9.50. The molecular formula is C22H31N5O2. The van der Waals surface area contributed by atoms with Gasteiger partial charge in [-0.15, -0.1) is 5.10 Å². The Morgan fingerprint density at radius 2 is 1.83 bits per heavy atom. The standard InChI is InChI=1S/C22H31N5O2/c28-21(20-17-27(25-24-20)14-13-26-11-5-2-6-12-26)23-18-22(9-15-29-16-10-22)19-7-3-1-4-8-19/h1,3-4,7-8,17H,2,5-6,9-16,18H2,(H,23,28). The summed E-state index contributed by atoms with van der Waals surface area (Å²) in [6.45, 7) is 6.07. The number of nitrogens with one attached hydrogen (secondary N) is 1. The number of carbonyl (C=O) groups excluding carboxylic acids is 1. The van der Waals surface area contributed by atoms with E-state index in [9.17, 15) is 4.79 Å². The molecule has 0 radical (unpaired) electrons. The average Bonchev–Trinajstić information content (AvgIpc) is 3.27. The average molecular weight is 398 g/mol. The summed E-state index contributed by atoms with van der Waals surface area (Å²) in [6.07, 6.45) is 7.46. The molecule has 2 aliphatic rings. The highest BCUT2D eigenvalue weighted by molar-refractivity contribution is 5.91. The number of likely N-dealkylation sites (tertiary alicyclic amines) is 1. The number of carbonyl (C=O) groups is 1. The highest BCUT2D eigenvalue weighted by Gasteiger charge is 2.35. The van der Waals surface area contributed by atoms with Gasteiger partial charge in [-0.3, -0.25) is 9.48 Å². The Balaban J connectivity index is 1.34. The van der Waals surface area contributed by atoms with Gasteiger partial charge in [0.2, 0.25) is 0 Å². The number of hydrogen-bond acceptors (Lipinski definition) is 5. The smallest absolute Gasteiger partial charge is 0.273 e. The fourth-order valence-corrected chi connectivity index (χ4v) is 4.40. The van der Waals surface area contributed by atoms with E-state index in [4.69, 9.17) is 4.74 Å². The van der Waals surface area contributed by atoms with Crippen molar-refractivity contribution >= 4 is 5.91 Å². The minimum atomic E-state index is -0.156. The number of hydrogen-bond donors (Lipinski definition) is 1. The Morgan fingerprint density at radius 1 is 1.07 bits per heavy atom. The summed E-state index contributed by atoms with van der Waals surface area (Å²) in [5, 5.41) is 11.4. The minimum absolute atomic E-state index is 0.0839. The molecule has 2 aromatic rings. The Kier molecular flexibility index (Phi) is 6.56. The molecule has 0 atom stereocenters. The third-order valence-corrected chi connectivity index (χ3v) is 6.29. The van der Waals surface area contributed by atoms with Gasteiger partial charge >= 0.3 is 0 Å². The maximum Gasteiger partial charge on any atom is 0.273 e. The van der Waals surface area contributed by atoms with Crippen molar-refractivity contribution in [3.05, 3.63) is 47.8 Å². The van der Waals surface area contributed by atoms with Crippen LogP contribution in [-0.2, 0) is 16.7 Å². The van der Waals surface area contributed by atoms with Crippen LogP contribution in [-0.4, -0.2) is 65.2 Å². The molecule has 0 unspecified atom stereocenters. The van der Waals surface area contributed by atoms with Crippen molar-refractivity contribution < 1.29 is 9.53 Å². The van der Waals surface area contributed by atoms with Crippen molar-refractivity contribution in [2.24, 2.45) is 0 Å². The largest absolute Gasteiger partial charge is 0.381 e. The molecular weight excluding hydrogens is 366 g/mol. The van der Waals surface area contributed by atoms with Gasteiger partial charge in [-0.05, 0) is 44.3 Å². The highest BCUT2D eigenvalue weighted by Crippen LogP contribution is 2.34. The fourth-order valence-electron chi connectivity index (χ4n) is 4.40. The first kappa shape index (κ1) is 20.0. The first-order valence-corrected chi connectivity index (χ1v) is 10.8. The molecule has 2 aliphatic heterocycles. The van der Waals surface area contributed by atoms with Gasteiger partial charge in [0.25, 0.3) is 5.91 Å². The van der Waals surface area contributed by atoms with Crippen LogP contribution < -0.4 is 5.32 Å². The zero-order valence-electron chi connectivity index (χ0n) is 17.1. The third kappa shape index (κ3) is 5.03. The van der Waals surface area contributed by atoms with Crippen LogP contribution in [0.15, 0.2) is 36.5 Å². The molecule has 7 heteroatoms. The number of nitrogens with zero attached hydrogens (tertiary/aromatic N) is 4. The fraction of sp³-hybridized carbons (Fsp3) is 0.591. The number of aromatic nitrogens is 3. The zero-order valence-corrected chi connectivity index (χ0v) is 17.1. The van der Waals surface area contributed by atoms with Crippen molar-refractivity contribution in [1.82, 2.24) is 25.2 Å². The maximum absolute atomic E-state index is 12.7. The Morgan fingerprint density at radius 3 is 2.59 bits per heavy atom. The molecule has 1 N–H and O–H groups in total. The molecule has 0 spiro atoms. The summed E-state index contributed by atoms with van der Waals surface area (Å²) in [6, 6.07) is 10.4. The lowest BCUT2D eigenvalue weighted by Gasteiger charge is -2.37. The Bertz CT molecular complexity index is 780. The molecule has 3 heterocycles. The molecule has 0 bridgehead atoms. The molecule has 4 rings (SSSR count). The lowest BCUT2D eigenvalue weighted by Crippen LogP contribution is -2.44. The van der Waals surface area contributed by atoms with Crippen molar-refractivity contribution in [3.63, 3.8) is 0 Å². The summed E-state index contributed by atoms with van der Waals surface area (Å²) in [4.78, 5) is 15.2. The second-order valence-electron chi connectivity index (χ2n) is 8.21. The van der Waals surface area contributed by atoms with E-state index in [0.29, 0.717) is 12.2 Å². The van der Waals surface area contributed by atoms with Crippen LogP contribution in [0.3, 0.4) is 0 Å². The van der Waals surface area contributed by atoms with Crippen LogP contribution >= 0.6 is 0 Å². The summed E-state index contributed by atoms with van der Waals surface area (Å²) in [5.74, 6) is -0.156. The van der Waals surface area contributed by atoms with E-state index in [-0.39, 0.29) is 11.3 Å². The van der Waals surface area contributed by atoms with Crippen molar-refractivity contribution in [3.8, 4) is 0 Å². The van der Waals surface area contributed by atoms with Crippen LogP contribution in [0.5, 0.6) is 0 Å². The first-order valence-electron chi connectivity index (χ1n) is 10.8. The zero-order chi connectivity index (χ0) is 19.9. The minimum Gasteiger partial charge on any atom is -0.381 e. The maximum atomic E-state index is 12.7. The molecule has 1 aromatic carbocycles. The van der Waals surface area contributed by atoms with Crippen LogP contribution in [0.4, 0.5) is 0 Å². The Hall–Kier alpha value is -2.25. The number of benzene rings is 1.